The van der Waals surface area contributed by atoms with Gasteiger partial charge in [0, 0.05) is 43.6 Å². The Bertz CT molecular complexity index is 403. The molecule has 1 aromatic heterocycles. The fraction of sp³-hybridized carbons (Fsp3) is 0.538. The predicted octanol–water partition coefficient (Wildman–Crippen LogP) is 1.05. The Balaban J connectivity index is 1.73. The molecule has 1 saturated heterocycles. The van der Waals surface area contributed by atoms with Crippen molar-refractivity contribution in [1.82, 2.24) is 9.88 Å². The van der Waals surface area contributed by atoms with E-state index < -0.39 is 0 Å². The van der Waals surface area contributed by atoms with E-state index in [1.165, 1.54) is 0 Å². The average Bonchev–Trinajstić information content (AvgIpc) is 2.40. The molecule has 1 aliphatic rings. The molecule has 0 unspecified atom stereocenters. The molecule has 0 radical (unpaired) electrons. The van der Waals surface area contributed by atoms with Crippen molar-refractivity contribution >= 4 is 11.6 Å². The second-order valence-corrected chi connectivity index (χ2v) is 4.36. The molecule has 0 aromatic carbocycles. The summed E-state index contributed by atoms with van der Waals surface area (Å²) in [4.78, 5) is 17.9. The van der Waals surface area contributed by atoms with E-state index in [1.54, 1.807) is 6.20 Å². The van der Waals surface area contributed by atoms with E-state index in [4.69, 9.17) is 4.74 Å². The lowest BCUT2D eigenvalue weighted by molar-refractivity contribution is -0.134. The van der Waals surface area contributed by atoms with Crippen molar-refractivity contribution < 1.29 is 9.53 Å². The van der Waals surface area contributed by atoms with Gasteiger partial charge in [0.15, 0.2) is 0 Å². The predicted molar refractivity (Wildman–Crippen MR) is 69.5 cm³/mol. The molecule has 0 saturated carbocycles. The van der Waals surface area contributed by atoms with Crippen molar-refractivity contribution in [2.24, 2.45) is 0 Å². The van der Waals surface area contributed by atoms with E-state index in [2.05, 4.69) is 10.3 Å². The van der Waals surface area contributed by atoms with Crippen molar-refractivity contribution in [1.29, 1.82) is 0 Å². The quantitative estimate of drug-likeness (QED) is 0.866. The van der Waals surface area contributed by atoms with Gasteiger partial charge >= 0.3 is 0 Å². The molecule has 0 atom stereocenters. The van der Waals surface area contributed by atoms with Gasteiger partial charge < -0.3 is 15.0 Å². The molecule has 1 aliphatic heterocycles. The number of morpholine rings is 1. The molecule has 5 nitrogen and oxygen atoms in total. The van der Waals surface area contributed by atoms with E-state index >= 15 is 0 Å². The summed E-state index contributed by atoms with van der Waals surface area (Å²) in [5, 5.41) is 3.24. The normalized spacial score (nSPS) is 15.5. The molecule has 18 heavy (non-hydrogen) atoms. The topological polar surface area (TPSA) is 54.5 Å². The smallest absolute Gasteiger partial charge is 0.224 e. The number of aryl methyl sites for hydroxylation is 1. The molecule has 5 heteroatoms. The lowest BCUT2D eigenvalue weighted by Gasteiger charge is -2.26. The number of carbonyl (C=O) groups excluding carboxylic acids is 1. The van der Waals surface area contributed by atoms with Crippen LogP contribution < -0.4 is 5.32 Å². The van der Waals surface area contributed by atoms with Crippen molar-refractivity contribution in [3.63, 3.8) is 0 Å². The zero-order valence-electron chi connectivity index (χ0n) is 10.7. The summed E-state index contributed by atoms with van der Waals surface area (Å²) in [6, 6.07) is 3.88. The van der Waals surface area contributed by atoms with Crippen LogP contribution >= 0.6 is 0 Å². The zero-order chi connectivity index (χ0) is 12.8. The van der Waals surface area contributed by atoms with Gasteiger partial charge in [0.1, 0.15) is 0 Å². The monoisotopic (exact) mass is 249 g/mol. The highest BCUT2D eigenvalue weighted by Crippen LogP contribution is 2.07. The van der Waals surface area contributed by atoms with Crippen LogP contribution in [0.4, 0.5) is 5.69 Å². The van der Waals surface area contributed by atoms with Crippen LogP contribution in [0, 0.1) is 6.92 Å². The van der Waals surface area contributed by atoms with Crippen LogP contribution in [0.5, 0.6) is 0 Å². The lowest BCUT2D eigenvalue weighted by atomic mass is 10.3. The lowest BCUT2D eigenvalue weighted by Crippen LogP contribution is -2.41. The zero-order valence-corrected chi connectivity index (χ0v) is 10.7. The molecule has 0 spiro atoms. The Morgan fingerprint density at radius 2 is 2.28 bits per heavy atom. The highest BCUT2D eigenvalue weighted by molar-refractivity contribution is 5.76. The summed E-state index contributed by atoms with van der Waals surface area (Å²) in [5.41, 5.74) is 1.98. The first-order valence-electron chi connectivity index (χ1n) is 6.28. The van der Waals surface area contributed by atoms with Crippen molar-refractivity contribution in [3.05, 3.63) is 24.0 Å². The summed E-state index contributed by atoms with van der Waals surface area (Å²) in [6.07, 6.45) is 2.28. The van der Waals surface area contributed by atoms with E-state index in [9.17, 15) is 4.79 Å². The summed E-state index contributed by atoms with van der Waals surface area (Å²) in [7, 11) is 0. The van der Waals surface area contributed by atoms with Crippen molar-refractivity contribution in [3.8, 4) is 0 Å². The minimum Gasteiger partial charge on any atom is -0.384 e. The molecule has 0 bridgehead atoms. The second-order valence-electron chi connectivity index (χ2n) is 4.36. The number of rotatable bonds is 4. The van der Waals surface area contributed by atoms with Crippen LogP contribution in [0.2, 0.25) is 0 Å². The average molecular weight is 249 g/mol. The van der Waals surface area contributed by atoms with Crippen LogP contribution in [0.25, 0.3) is 0 Å². The summed E-state index contributed by atoms with van der Waals surface area (Å²) in [5.74, 6) is 0.191. The molecule has 0 aliphatic carbocycles. The maximum absolute atomic E-state index is 11.9. The molecule has 1 amide bonds. The number of ether oxygens (including phenoxy) is 1. The van der Waals surface area contributed by atoms with Crippen LogP contribution in [0.15, 0.2) is 18.3 Å². The van der Waals surface area contributed by atoms with Gasteiger partial charge in [-0.1, -0.05) is 0 Å². The van der Waals surface area contributed by atoms with Crippen LogP contribution in [-0.2, 0) is 9.53 Å². The van der Waals surface area contributed by atoms with Crippen LogP contribution in [-0.4, -0.2) is 48.6 Å². The van der Waals surface area contributed by atoms with Gasteiger partial charge in [-0.3, -0.25) is 9.78 Å². The first-order valence-corrected chi connectivity index (χ1v) is 6.28. The van der Waals surface area contributed by atoms with Gasteiger partial charge in [0.25, 0.3) is 0 Å². The Morgan fingerprint density at radius 3 is 3.00 bits per heavy atom. The van der Waals surface area contributed by atoms with E-state index in [1.807, 2.05) is 24.0 Å². The Labute approximate surface area is 107 Å². The van der Waals surface area contributed by atoms with Gasteiger partial charge in [0.2, 0.25) is 5.91 Å². The van der Waals surface area contributed by atoms with Crippen molar-refractivity contribution in [2.75, 3.05) is 38.2 Å². The number of carbonyl (C=O) groups is 1. The Morgan fingerprint density at radius 1 is 1.50 bits per heavy atom. The first-order chi connectivity index (χ1) is 8.75. The van der Waals surface area contributed by atoms with Gasteiger partial charge in [-0.25, -0.2) is 0 Å². The van der Waals surface area contributed by atoms with E-state index in [-0.39, 0.29) is 5.91 Å². The maximum Gasteiger partial charge on any atom is 0.224 e. The molecular formula is C13H19N3O2. The largest absolute Gasteiger partial charge is 0.384 e. The SMILES string of the molecule is Cc1cc(NCCC(=O)N2CCOCC2)ccn1. The third-order valence-electron chi connectivity index (χ3n) is 2.93. The molecule has 2 heterocycles. The number of hydrogen-bond donors (Lipinski definition) is 1. The first kappa shape index (κ1) is 12.8. The second kappa shape index (κ2) is 6.35. The standard InChI is InChI=1S/C13H19N3O2/c1-11-10-12(2-4-14-11)15-5-3-13(17)16-6-8-18-9-7-16/h2,4,10H,3,5-9H2,1H3,(H,14,15). The number of hydrogen-bond acceptors (Lipinski definition) is 4. The number of pyridine rings is 1. The molecule has 1 N–H and O–H groups in total. The van der Waals surface area contributed by atoms with Gasteiger partial charge in [-0.05, 0) is 19.1 Å². The van der Waals surface area contributed by atoms with Crippen LogP contribution in [0.1, 0.15) is 12.1 Å². The fourth-order valence-electron chi connectivity index (χ4n) is 1.94. The number of nitrogens with one attached hydrogen (secondary N) is 1. The Kier molecular flexibility index (Phi) is 4.52. The molecule has 98 valence electrons. The molecule has 1 fully saturated rings. The summed E-state index contributed by atoms with van der Waals surface area (Å²) >= 11 is 0. The van der Waals surface area contributed by atoms with E-state index in [0.29, 0.717) is 39.3 Å². The van der Waals surface area contributed by atoms with Gasteiger partial charge in [0.05, 0.1) is 13.2 Å². The molecular weight excluding hydrogens is 230 g/mol. The third kappa shape index (κ3) is 3.70. The molecule has 2 rings (SSSR count). The summed E-state index contributed by atoms with van der Waals surface area (Å²) in [6.45, 7) is 5.34. The summed E-state index contributed by atoms with van der Waals surface area (Å²) < 4.78 is 5.22. The third-order valence-corrected chi connectivity index (χ3v) is 2.93. The van der Waals surface area contributed by atoms with Crippen LogP contribution in [0.3, 0.4) is 0 Å². The Hall–Kier alpha value is -1.62. The van der Waals surface area contributed by atoms with Gasteiger partial charge in [-0.2, -0.15) is 0 Å². The van der Waals surface area contributed by atoms with E-state index in [0.717, 1.165) is 11.4 Å². The number of aromatic nitrogens is 1. The minimum atomic E-state index is 0.191. The highest BCUT2D eigenvalue weighted by atomic mass is 16.5. The maximum atomic E-state index is 11.9. The number of amides is 1. The number of anilines is 1. The highest BCUT2D eigenvalue weighted by Gasteiger charge is 2.15. The fourth-order valence-corrected chi connectivity index (χ4v) is 1.94. The minimum absolute atomic E-state index is 0.191. The van der Waals surface area contributed by atoms with Crippen molar-refractivity contribution in [2.45, 2.75) is 13.3 Å². The number of nitrogens with zero attached hydrogens (tertiary/aromatic N) is 2. The van der Waals surface area contributed by atoms with Gasteiger partial charge in [-0.15, -0.1) is 0 Å². The molecule has 1 aromatic rings.